The Morgan fingerprint density at radius 2 is 2.00 bits per heavy atom. The van der Waals surface area contributed by atoms with Gasteiger partial charge < -0.3 is 15.3 Å². The smallest absolute Gasteiger partial charge is 0.0543 e. The molecule has 2 unspecified atom stereocenters. The van der Waals surface area contributed by atoms with Gasteiger partial charge in [-0.1, -0.05) is 13.8 Å². The van der Waals surface area contributed by atoms with E-state index in [-0.39, 0.29) is 6.10 Å². The summed E-state index contributed by atoms with van der Waals surface area (Å²) in [4.78, 5) is 2.43. The fourth-order valence-electron chi connectivity index (χ4n) is 2.32. The molecule has 3 nitrogen and oxygen atoms in total. The van der Waals surface area contributed by atoms with Crippen molar-refractivity contribution in [1.82, 2.24) is 10.2 Å². The van der Waals surface area contributed by atoms with Crippen LogP contribution in [0.5, 0.6) is 0 Å². The Labute approximate surface area is 93.9 Å². The van der Waals surface area contributed by atoms with Crippen LogP contribution in [0.25, 0.3) is 0 Å². The summed E-state index contributed by atoms with van der Waals surface area (Å²) in [7, 11) is 0. The lowest BCUT2D eigenvalue weighted by atomic mass is 10.1. The van der Waals surface area contributed by atoms with Crippen molar-refractivity contribution in [1.29, 1.82) is 0 Å². The zero-order chi connectivity index (χ0) is 11.1. The second-order valence-corrected chi connectivity index (χ2v) is 4.56. The predicted octanol–water partition coefficient (Wildman–Crippen LogP) is 1.08. The molecule has 0 bridgehead atoms. The average Bonchev–Trinajstić information content (AvgIpc) is 2.65. The summed E-state index contributed by atoms with van der Waals surface area (Å²) in [6.45, 7) is 9.99. The Hall–Kier alpha value is -0.120. The normalized spacial score (nSPS) is 26.4. The minimum absolute atomic E-state index is 0.0282. The molecule has 15 heavy (non-hydrogen) atoms. The third-order valence-corrected chi connectivity index (χ3v) is 3.45. The lowest BCUT2D eigenvalue weighted by Gasteiger charge is -2.19. The van der Waals surface area contributed by atoms with Gasteiger partial charge in [-0.05, 0) is 44.8 Å². The number of rotatable bonds is 7. The number of nitrogens with one attached hydrogen (secondary N) is 1. The largest absolute Gasteiger partial charge is 0.393 e. The number of hydrogen-bond donors (Lipinski definition) is 2. The third kappa shape index (κ3) is 4.96. The van der Waals surface area contributed by atoms with E-state index in [1.165, 1.54) is 6.42 Å². The molecule has 0 aliphatic heterocycles. The van der Waals surface area contributed by atoms with E-state index in [2.05, 4.69) is 24.1 Å². The fraction of sp³-hybridized carbons (Fsp3) is 1.00. The summed E-state index contributed by atoms with van der Waals surface area (Å²) < 4.78 is 0. The molecule has 0 aromatic rings. The van der Waals surface area contributed by atoms with Gasteiger partial charge in [-0.3, -0.25) is 0 Å². The predicted molar refractivity (Wildman–Crippen MR) is 64.0 cm³/mol. The van der Waals surface area contributed by atoms with Crippen molar-refractivity contribution in [3.8, 4) is 0 Å². The monoisotopic (exact) mass is 214 g/mol. The first kappa shape index (κ1) is 12.9. The zero-order valence-electron chi connectivity index (χ0n) is 10.2. The summed E-state index contributed by atoms with van der Waals surface area (Å²) in [6.07, 6.45) is 3.17. The van der Waals surface area contributed by atoms with Crippen molar-refractivity contribution in [2.75, 3.05) is 32.7 Å². The van der Waals surface area contributed by atoms with Crippen LogP contribution in [0.4, 0.5) is 0 Å². The number of aliphatic hydroxyl groups is 1. The van der Waals surface area contributed by atoms with Crippen molar-refractivity contribution in [3.63, 3.8) is 0 Å². The van der Waals surface area contributed by atoms with E-state index in [1.54, 1.807) is 0 Å². The second-order valence-electron chi connectivity index (χ2n) is 4.56. The van der Waals surface area contributed by atoms with Gasteiger partial charge in [-0.2, -0.15) is 0 Å². The van der Waals surface area contributed by atoms with Gasteiger partial charge in [-0.15, -0.1) is 0 Å². The molecule has 1 aliphatic rings. The van der Waals surface area contributed by atoms with Crippen LogP contribution in [-0.2, 0) is 0 Å². The standard InChI is InChI=1S/C12H26N2O/c1-3-14(4-2)8-7-13-10-11-5-6-12(15)9-11/h11-13,15H,3-10H2,1-2H3. The highest BCUT2D eigenvalue weighted by Gasteiger charge is 2.21. The van der Waals surface area contributed by atoms with E-state index in [1.807, 2.05) is 0 Å². The molecular formula is C12H26N2O. The van der Waals surface area contributed by atoms with Crippen LogP contribution in [-0.4, -0.2) is 48.8 Å². The molecule has 0 aromatic carbocycles. The Kier molecular flexibility index (Phi) is 6.22. The summed E-state index contributed by atoms with van der Waals surface area (Å²) in [5.41, 5.74) is 0. The maximum absolute atomic E-state index is 9.38. The molecule has 0 spiro atoms. The maximum atomic E-state index is 9.38. The highest BCUT2D eigenvalue weighted by molar-refractivity contribution is 4.76. The average molecular weight is 214 g/mol. The van der Waals surface area contributed by atoms with E-state index in [9.17, 15) is 5.11 Å². The van der Waals surface area contributed by atoms with Crippen molar-refractivity contribution in [3.05, 3.63) is 0 Å². The SMILES string of the molecule is CCN(CC)CCNCC1CCC(O)C1. The third-order valence-electron chi connectivity index (χ3n) is 3.45. The molecule has 2 N–H and O–H groups in total. The van der Waals surface area contributed by atoms with Crippen molar-refractivity contribution < 1.29 is 5.11 Å². The molecule has 3 heteroatoms. The summed E-state index contributed by atoms with van der Waals surface area (Å²) in [5, 5.41) is 12.9. The molecular weight excluding hydrogens is 188 g/mol. The minimum atomic E-state index is -0.0282. The first-order valence-corrected chi connectivity index (χ1v) is 6.37. The maximum Gasteiger partial charge on any atom is 0.0543 e. The van der Waals surface area contributed by atoms with Gasteiger partial charge in [0, 0.05) is 13.1 Å². The summed E-state index contributed by atoms with van der Waals surface area (Å²) >= 11 is 0. The molecule has 90 valence electrons. The Morgan fingerprint density at radius 3 is 2.53 bits per heavy atom. The van der Waals surface area contributed by atoms with Gasteiger partial charge in [0.25, 0.3) is 0 Å². The highest BCUT2D eigenvalue weighted by Crippen LogP contribution is 2.24. The first-order valence-electron chi connectivity index (χ1n) is 6.37. The molecule has 2 atom stereocenters. The minimum Gasteiger partial charge on any atom is -0.393 e. The van der Waals surface area contributed by atoms with Crippen LogP contribution >= 0.6 is 0 Å². The van der Waals surface area contributed by atoms with Crippen LogP contribution in [0, 0.1) is 5.92 Å². The Bertz CT molecular complexity index is 160. The van der Waals surface area contributed by atoms with Gasteiger partial charge in [0.1, 0.15) is 0 Å². The zero-order valence-corrected chi connectivity index (χ0v) is 10.2. The van der Waals surface area contributed by atoms with Crippen molar-refractivity contribution in [2.45, 2.75) is 39.2 Å². The molecule has 1 rings (SSSR count). The number of likely N-dealkylation sites (N-methyl/N-ethyl adjacent to an activating group) is 1. The van der Waals surface area contributed by atoms with Crippen LogP contribution in [0.2, 0.25) is 0 Å². The lowest BCUT2D eigenvalue weighted by Crippen LogP contribution is -2.33. The molecule has 1 saturated carbocycles. The van der Waals surface area contributed by atoms with Crippen LogP contribution in [0.3, 0.4) is 0 Å². The second kappa shape index (κ2) is 7.20. The van der Waals surface area contributed by atoms with Gasteiger partial charge in [0.15, 0.2) is 0 Å². The van der Waals surface area contributed by atoms with E-state index in [4.69, 9.17) is 0 Å². The molecule has 0 aromatic heterocycles. The fourth-order valence-corrected chi connectivity index (χ4v) is 2.32. The van der Waals surface area contributed by atoms with E-state index in [0.29, 0.717) is 5.92 Å². The van der Waals surface area contributed by atoms with E-state index >= 15 is 0 Å². The lowest BCUT2D eigenvalue weighted by molar-refractivity contribution is 0.177. The molecule has 1 fully saturated rings. The topological polar surface area (TPSA) is 35.5 Å². The first-order chi connectivity index (χ1) is 7.26. The van der Waals surface area contributed by atoms with E-state index < -0.39 is 0 Å². The van der Waals surface area contributed by atoms with Crippen LogP contribution in [0.1, 0.15) is 33.1 Å². The number of aliphatic hydroxyl groups excluding tert-OH is 1. The van der Waals surface area contributed by atoms with Crippen molar-refractivity contribution >= 4 is 0 Å². The molecule has 0 amide bonds. The number of hydrogen-bond acceptors (Lipinski definition) is 3. The van der Waals surface area contributed by atoms with E-state index in [0.717, 1.165) is 45.6 Å². The quantitative estimate of drug-likeness (QED) is 0.623. The van der Waals surface area contributed by atoms with Gasteiger partial charge in [0.2, 0.25) is 0 Å². The van der Waals surface area contributed by atoms with Crippen LogP contribution < -0.4 is 5.32 Å². The number of nitrogens with zero attached hydrogens (tertiary/aromatic N) is 1. The van der Waals surface area contributed by atoms with Gasteiger partial charge in [-0.25, -0.2) is 0 Å². The highest BCUT2D eigenvalue weighted by atomic mass is 16.3. The molecule has 0 saturated heterocycles. The summed E-state index contributed by atoms with van der Waals surface area (Å²) in [6, 6.07) is 0. The summed E-state index contributed by atoms with van der Waals surface area (Å²) in [5.74, 6) is 0.705. The molecule has 1 aliphatic carbocycles. The Morgan fingerprint density at radius 1 is 1.27 bits per heavy atom. The van der Waals surface area contributed by atoms with Gasteiger partial charge >= 0.3 is 0 Å². The Balaban J connectivity index is 1.97. The molecule has 0 radical (unpaired) electrons. The molecule has 0 heterocycles. The van der Waals surface area contributed by atoms with Crippen LogP contribution in [0.15, 0.2) is 0 Å². The van der Waals surface area contributed by atoms with Gasteiger partial charge in [0.05, 0.1) is 6.10 Å². The van der Waals surface area contributed by atoms with Crippen molar-refractivity contribution in [2.24, 2.45) is 5.92 Å².